The average Bonchev–Trinajstić information content (AvgIpc) is 2.62. The van der Waals surface area contributed by atoms with Crippen LogP contribution in [0.15, 0.2) is 48.8 Å². The Hall–Kier alpha value is -3.61. The summed E-state index contributed by atoms with van der Waals surface area (Å²) in [6.07, 6.45) is 1.32. The molecule has 2 aromatic carbocycles. The van der Waals surface area contributed by atoms with Gasteiger partial charge in [-0.1, -0.05) is 24.3 Å². The molecule has 0 unspecified atom stereocenters. The SMILES string of the molecule is Cc1cc(C)cc(Oc2ncnc(NNC(=O)c3ccccc3C)c2N)c1. The van der Waals surface area contributed by atoms with Crippen molar-refractivity contribution < 1.29 is 9.53 Å². The molecule has 0 radical (unpaired) electrons. The number of hydrogen-bond acceptors (Lipinski definition) is 6. The molecular weight excluding hydrogens is 342 g/mol. The minimum Gasteiger partial charge on any atom is -0.437 e. The molecular formula is C20H21N5O2. The van der Waals surface area contributed by atoms with Crippen LogP contribution in [0.4, 0.5) is 11.5 Å². The fourth-order valence-corrected chi connectivity index (χ4v) is 2.67. The first kappa shape index (κ1) is 18.2. The number of aromatic nitrogens is 2. The number of nitrogens with zero attached hydrogens (tertiary/aromatic N) is 2. The number of rotatable bonds is 5. The number of aryl methyl sites for hydroxylation is 3. The van der Waals surface area contributed by atoms with E-state index < -0.39 is 0 Å². The molecule has 1 heterocycles. The molecule has 7 heteroatoms. The van der Waals surface area contributed by atoms with Crippen molar-refractivity contribution in [1.29, 1.82) is 0 Å². The number of hydrazine groups is 1. The van der Waals surface area contributed by atoms with Gasteiger partial charge in [0.1, 0.15) is 17.8 Å². The lowest BCUT2D eigenvalue weighted by atomic mass is 10.1. The standard InChI is InChI=1S/C20H21N5O2/c1-12-8-13(2)10-15(9-12)27-20-17(21)18(22-11-23-20)24-25-19(26)16-7-5-4-6-14(16)3/h4-11H,21H2,1-3H3,(H,25,26)(H,22,23,24). The zero-order valence-corrected chi connectivity index (χ0v) is 15.4. The van der Waals surface area contributed by atoms with Gasteiger partial charge in [-0.15, -0.1) is 0 Å². The second kappa shape index (κ2) is 7.74. The predicted molar refractivity (Wildman–Crippen MR) is 105 cm³/mol. The van der Waals surface area contributed by atoms with Crippen molar-refractivity contribution in [3.05, 3.63) is 71.0 Å². The van der Waals surface area contributed by atoms with E-state index in [4.69, 9.17) is 10.5 Å². The van der Waals surface area contributed by atoms with Crippen molar-refractivity contribution in [1.82, 2.24) is 15.4 Å². The lowest BCUT2D eigenvalue weighted by Gasteiger charge is -2.13. The maximum atomic E-state index is 12.3. The quantitative estimate of drug-likeness (QED) is 0.599. The molecule has 0 atom stereocenters. The second-order valence-corrected chi connectivity index (χ2v) is 6.26. The summed E-state index contributed by atoms with van der Waals surface area (Å²) in [6, 6.07) is 13.1. The zero-order valence-electron chi connectivity index (χ0n) is 15.4. The van der Waals surface area contributed by atoms with Crippen LogP contribution in [0.2, 0.25) is 0 Å². The van der Waals surface area contributed by atoms with Crippen LogP contribution in [-0.4, -0.2) is 15.9 Å². The molecule has 0 aliphatic carbocycles. The topological polar surface area (TPSA) is 102 Å². The molecule has 0 aliphatic heterocycles. The molecule has 4 N–H and O–H groups in total. The molecule has 0 saturated heterocycles. The third kappa shape index (κ3) is 4.33. The minimum absolute atomic E-state index is 0.196. The van der Waals surface area contributed by atoms with Crippen LogP contribution < -0.4 is 21.3 Å². The van der Waals surface area contributed by atoms with E-state index in [1.165, 1.54) is 6.33 Å². The highest BCUT2D eigenvalue weighted by atomic mass is 16.5. The minimum atomic E-state index is -0.289. The van der Waals surface area contributed by atoms with Gasteiger partial charge in [-0.3, -0.25) is 15.6 Å². The highest BCUT2D eigenvalue weighted by Gasteiger charge is 2.13. The zero-order chi connectivity index (χ0) is 19.4. The first-order valence-corrected chi connectivity index (χ1v) is 8.42. The lowest BCUT2D eigenvalue weighted by molar-refractivity contribution is 0.0962. The number of carbonyl (C=O) groups is 1. The Morgan fingerprint density at radius 3 is 2.44 bits per heavy atom. The van der Waals surface area contributed by atoms with Gasteiger partial charge >= 0.3 is 0 Å². The van der Waals surface area contributed by atoms with Gasteiger partial charge in [-0.2, -0.15) is 4.98 Å². The summed E-state index contributed by atoms with van der Waals surface area (Å²) in [7, 11) is 0. The number of benzene rings is 2. The summed E-state index contributed by atoms with van der Waals surface area (Å²) in [4.78, 5) is 20.5. The third-order valence-electron chi connectivity index (χ3n) is 3.94. The first-order chi connectivity index (χ1) is 12.9. The van der Waals surface area contributed by atoms with Gasteiger partial charge in [0.05, 0.1) is 0 Å². The Bertz CT molecular complexity index is 968. The average molecular weight is 363 g/mol. The largest absolute Gasteiger partial charge is 0.437 e. The molecule has 0 aliphatic rings. The lowest BCUT2D eigenvalue weighted by Crippen LogP contribution is -2.30. The number of carbonyl (C=O) groups excluding carboxylic acids is 1. The van der Waals surface area contributed by atoms with Gasteiger partial charge in [-0.25, -0.2) is 4.98 Å². The van der Waals surface area contributed by atoms with E-state index in [0.717, 1.165) is 16.7 Å². The normalized spacial score (nSPS) is 10.3. The fraction of sp³-hybridized carbons (Fsp3) is 0.150. The molecule has 27 heavy (non-hydrogen) atoms. The summed E-state index contributed by atoms with van der Waals surface area (Å²) in [5.41, 5.74) is 15.2. The maximum Gasteiger partial charge on any atom is 0.269 e. The molecule has 1 amide bonds. The number of hydrogen-bond donors (Lipinski definition) is 3. The van der Waals surface area contributed by atoms with Crippen LogP contribution in [0.25, 0.3) is 0 Å². The van der Waals surface area contributed by atoms with E-state index in [0.29, 0.717) is 11.3 Å². The fourth-order valence-electron chi connectivity index (χ4n) is 2.67. The van der Waals surface area contributed by atoms with E-state index in [-0.39, 0.29) is 23.3 Å². The highest BCUT2D eigenvalue weighted by Crippen LogP contribution is 2.29. The van der Waals surface area contributed by atoms with Gasteiger partial charge in [0, 0.05) is 5.56 Å². The monoisotopic (exact) mass is 363 g/mol. The number of nitrogens with one attached hydrogen (secondary N) is 2. The molecule has 3 aromatic rings. The van der Waals surface area contributed by atoms with Crippen molar-refractivity contribution in [2.24, 2.45) is 0 Å². The third-order valence-corrected chi connectivity index (χ3v) is 3.94. The second-order valence-electron chi connectivity index (χ2n) is 6.26. The van der Waals surface area contributed by atoms with E-state index in [1.54, 1.807) is 12.1 Å². The number of amides is 1. The number of ether oxygens (including phenoxy) is 1. The molecule has 7 nitrogen and oxygen atoms in total. The number of anilines is 2. The van der Waals surface area contributed by atoms with Crippen LogP contribution in [-0.2, 0) is 0 Å². The molecule has 0 bridgehead atoms. The smallest absolute Gasteiger partial charge is 0.269 e. The molecule has 0 spiro atoms. The van der Waals surface area contributed by atoms with Crippen molar-refractivity contribution in [3.8, 4) is 11.6 Å². The van der Waals surface area contributed by atoms with Crippen LogP contribution in [0.1, 0.15) is 27.0 Å². The maximum absolute atomic E-state index is 12.3. The van der Waals surface area contributed by atoms with Crippen LogP contribution in [0, 0.1) is 20.8 Å². The Morgan fingerprint density at radius 2 is 1.74 bits per heavy atom. The summed E-state index contributed by atoms with van der Waals surface area (Å²) < 4.78 is 5.79. The van der Waals surface area contributed by atoms with Gasteiger partial charge in [0.25, 0.3) is 5.91 Å². The van der Waals surface area contributed by atoms with Crippen molar-refractivity contribution in [2.75, 3.05) is 11.2 Å². The summed E-state index contributed by atoms with van der Waals surface area (Å²) in [5.74, 6) is 0.810. The van der Waals surface area contributed by atoms with Crippen molar-refractivity contribution in [3.63, 3.8) is 0 Å². The van der Waals surface area contributed by atoms with Crippen LogP contribution >= 0.6 is 0 Å². The molecule has 1 aromatic heterocycles. The number of nitrogen functional groups attached to an aromatic ring is 1. The summed E-state index contributed by atoms with van der Waals surface area (Å²) in [6.45, 7) is 5.83. The van der Waals surface area contributed by atoms with Crippen molar-refractivity contribution >= 4 is 17.4 Å². The predicted octanol–water partition coefficient (Wildman–Crippen LogP) is 3.53. The molecule has 0 saturated carbocycles. The highest BCUT2D eigenvalue weighted by molar-refractivity contribution is 5.96. The van der Waals surface area contributed by atoms with E-state index in [9.17, 15) is 4.79 Å². The Kier molecular flexibility index (Phi) is 5.21. The van der Waals surface area contributed by atoms with Crippen LogP contribution in [0.3, 0.4) is 0 Å². The molecule has 3 rings (SSSR count). The summed E-state index contributed by atoms with van der Waals surface area (Å²) in [5, 5.41) is 0. The van der Waals surface area contributed by atoms with E-state index in [2.05, 4.69) is 20.8 Å². The Balaban J connectivity index is 1.75. The van der Waals surface area contributed by atoms with Gasteiger partial charge in [0.15, 0.2) is 5.82 Å². The Morgan fingerprint density at radius 1 is 1.04 bits per heavy atom. The van der Waals surface area contributed by atoms with Gasteiger partial charge in [0.2, 0.25) is 5.88 Å². The Labute approximate surface area is 157 Å². The number of nitrogens with two attached hydrogens (primary N) is 1. The van der Waals surface area contributed by atoms with Crippen molar-refractivity contribution in [2.45, 2.75) is 20.8 Å². The molecule has 138 valence electrons. The van der Waals surface area contributed by atoms with E-state index >= 15 is 0 Å². The van der Waals surface area contributed by atoms with Crippen LogP contribution in [0.5, 0.6) is 11.6 Å². The summed E-state index contributed by atoms with van der Waals surface area (Å²) >= 11 is 0. The van der Waals surface area contributed by atoms with E-state index in [1.807, 2.05) is 51.1 Å². The first-order valence-electron chi connectivity index (χ1n) is 8.42. The van der Waals surface area contributed by atoms with Gasteiger partial charge < -0.3 is 10.5 Å². The van der Waals surface area contributed by atoms with Gasteiger partial charge in [-0.05, 0) is 55.7 Å². The molecule has 0 fully saturated rings.